The summed E-state index contributed by atoms with van der Waals surface area (Å²) < 4.78 is 0. The van der Waals surface area contributed by atoms with Gasteiger partial charge in [0.25, 0.3) is 5.91 Å². The molecule has 3 N–H and O–H groups in total. The third-order valence-corrected chi connectivity index (χ3v) is 4.79. The fraction of sp³-hybridized carbons (Fsp3) is 0.444. The summed E-state index contributed by atoms with van der Waals surface area (Å²) in [7, 11) is 0. The van der Waals surface area contributed by atoms with E-state index in [-0.39, 0.29) is 5.91 Å². The molecule has 1 aromatic rings. The maximum Gasteiger partial charge on any atom is 0.272 e. The molecule has 1 fully saturated rings. The van der Waals surface area contributed by atoms with Crippen molar-refractivity contribution in [3.63, 3.8) is 0 Å². The molecule has 24 heavy (non-hydrogen) atoms. The Balaban J connectivity index is 1.86. The normalized spacial score (nSPS) is 21.2. The standard InChI is InChI=1S/C18H25N5O/c1-3-13-16(12-23-10-8-22(4-2)9-11-23)20-21-18(24)14-6-5-7-15(19)17(13)14/h3,5-7H,4,8-12,19H2,1-2H3,(H,21,24)/b13-3-. The molecule has 2 aliphatic heterocycles. The van der Waals surface area contributed by atoms with Gasteiger partial charge in [-0.05, 0) is 25.6 Å². The van der Waals surface area contributed by atoms with Crippen LogP contribution in [0.3, 0.4) is 0 Å². The molecule has 6 nitrogen and oxygen atoms in total. The number of hydrogen-bond acceptors (Lipinski definition) is 5. The molecular weight excluding hydrogens is 302 g/mol. The molecule has 6 heteroatoms. The minimum atomic E-state index is -0.206. The topological polar surface area (TPSA) is 74.0 Å². The predicted octanol–water partition coefficient (Wildman–Crippen LogP) is 1.41. The van der Waals surface area contributed by atoms with Crippen LogP contribution in [0.4, 0.5) is 5.69 Å². The predicted molar refractivity (Wildman–Crippen MR) is 98.0 cm³/mol. The number of carbonyl (C=O) groups excluding carboxylic acids is 1. The monoisotopic (exact) mass is 327 g/mol. The molecular formula is C18H25N5O. The number of benzene rings is 1. The van der Waals surface area contributed by atoms with Gasteiger partial charge in [0.05, 0.1) is 11.3 Å². The average Bonchev–Trinajstić information content (AvgIpc) is 2.74. The fourth-order valence-electron chi connectivity index (χ4n) is 3.35. The molecule has 0 spiro atoms. The summed E-state index contributed by atoms with van der Waals surface area (Å²) in [5.74, 6) is -0.206. The SMILES string of the molecule is C/C=C1/C(CN2CCN(CC)CC2)=NNC(=O)c2cccc(N)c21. The number of likely N-dealkylation sites (N-methyl/N-ethyl adjacent to an activating group) is 1. The maximum atomic E-state index is 12.3. The number of allylic oxidation sites excluding steroid dienone is 1. The van der Waals surface area contributed by atoms with Crippen LogP contribution in [-0.4, -0.2) is 60.7 Å². The van der Waals surface area contributed by atoms with E-state index in [9.17, 15) is 4.79 Å². The van der Waals surface area contributed by atoms with E-state index in [0.717, 1.165) is 49.6 Å². The van der Waals surface area contributed by atoms with E-state index in [2.05, 4.69) is 27.3 Å². The third kappa shape index (κ3) is 3.20. The van der Waals surface area contributed by atoms with Crippen molar-refractivity contribution < 1.29 is 4.79 Å². The molecule has 0 bridgehead atoms. The number of carbonyl (C=O) groups is 1. The highest BCUT2D eigenvalue weighted by Gasteiger charge is 2.25. The lowest BCUT2D eigenvalue weighted by Gasteiger charge is -2.34. The first-order valence-corrected chi connectivity index (χ1v) is 8.51. The third-order valence-electron chi connectivity index (χ3n) is 4.79. The molecule has 0 atom stereocenters. The number of nitrogens with zero attached hydrogens (tertiary/aromatic N) is 3. The number of nitrogens with one attached hydrogen (secondary N) is 1. The minimum Gasteiger partial charge on any atom is -0.398 e. The number of fused-ring (bicyclic) bond motifs is 1. The first kappa shape index (κ1) is 16.7. The zero-order valence-electron chi connectivity index (χ0n) is 14.4. The summed E-state index contributed by atoms with van der Waals surface area (Å²) in [5.41, 5.74) is 12.6. The molecule has 1 aromatic carbocycles. The Morgan fingerprint density at radius 1 is 1.25 bits per heavy atom. The Morgan fingerprint density at radius 2 is 1.96 bits per heavy atom. The van der Waals surface area contributed by atoms with Gasteiger partial charge >= 0.3 is 0 Å². The van der Waals surface area contributed by atoms with Crippen molar-refractivity contribution in [1.29, 1.82) is 0 Å². The van der Waals surface area contributed by atoms with Crippen LogP contribution < -0.4 is 11.2 Å². The van der Waals surface area contributed by atoms with Gasteiger partial charge < -0.3 is 10.6 Å². The van der Waals surface area contributed by atoms with E-state index in [1.165, 1.54) is 0 Å². The lowest BCUT2D eigenvalue weighted by molar-refractivity contribution is 0.0955. The van der Waals surface area contributed by atoms with Crippen LogP contribution in [0.15, 0.2) is 29.4 Å². The van der Waals surface area contributed by atoms with Gasteiger partial charge in [-0.3, -0.25) is 9.69 Å². The van der Waals surface area contributed by atoms with Gasteiger partial charge in [0.2, 0.25) is 0 Å². The Morgan fingerprint density at radius 3 is 2.62 bits per heavy atom. The average molecular weight is 327 g/mol. The number of nitrogens with two attached hydrogens (primary N) is 1. The van der Waals surface area contributed by atoms with Crippen LogP contribution in [-0.2, 0) is 0 Å². The molecule has 0 unspecified atom stereocenters. The minimum absolute atomic E-state index is 0.206. The van der Waals surface area contributed by atoms with Crippen LogP contribution in [0.5, 0.6) is 0 Å². The molecule has 0 saturated carbocycles. The number of hydrogen-bond donors (Lipinski definition) is 2. The summed E-state index contributed by atoms with van der Waals surface area (Å²) in [5, 5.41) is 4.38. The summed E-state index contributed by atoms with van der Waals surface area (Å²) in [6.07, 6.45) is 2.00. The van der Waals surface area contributed by atoms with E-state index in [1.54, 1.807) is 12.1 Å². The first-order chi connectivity index (χ1) is 11.6. The second kappa shape index (κ2) is 7.15. The van der Waals surface area contributed by atoms with Gasteiger partial charge in [-0.15, -0.1) is 0 Å². The molecule has 3 rings (SSSR count). The summed E-state index contributed by atoms with van der Waals surface area (Å²) in [6, 6.07) is 5.43. The van der Waals surface area contributed by atoms with E-state index >= 15 is 0 Å². The van der Waals surface area contributed by atoms with Crippen molar-refractivity contribution in [2.24, 2.45) is 5.10 Å². The molecule has 128 valence electrons. The molecule has 1 amide bonds. The first-order valence-electron chi connectivity index (χ1n) is 8.51. The van der Waals surface area contributed by atoms with Crippen LogP contribution in [0.2, 0.25) is 0 Å². The van der Waals surface area contributed by atoms with Crippen LogP contribution in [0, 0.1) is 0 Å². The van der Waals surface area contributed by atoms with Crippen LogP contribution >= 0.6 is 0 Å². The maximum absolute atomic E-state index is 12.3. The van der Waals surface area contributed by atoms with Gasteiger partial charge in [-0.25, -0.2) is 5.43 Å². The Hall–Kier alpha value is -2.18. The van der Waals surface area contributed by atoms with Gasteiger partial charge in [0.15, 0.2) is 0 Å². The lowest BCUT2D eigenvalue weighted by atomic mass is 9.94. The highest BCUT2D eigenvalue weighted by molar-refractivity contribution is 6.29. The zero-order chi connectivity index (χ0) is 17.1. The highest BCUT2D eigenvalue weighted by Crippen LogP contribution is 2.29. The van der Waals surface area contributed by atoms with Gasteiger partial charge in [0.1, 0.15) is 0 Å². The van der Waals surface area contributed by atoms with E-state index in [0.29, 0.717) is 17.8 Å². The van der Waals surface area contributed by atoms with Gasteiger partial charge in [-0.2, -0.15) is 5.10 Å². The van der Waals surface area contributed by atoms with Crippen molar-refractivity contribution >= 4 is 22.9 Å². The van der Waals surface area contributed by atoms with Gasteiger partial charge in [0, 0.05) is 49.5 Å². The molecule has 2 aliphatic rings. The van der Waals surface area contributed by atoms with E-state index in [1.807, 2.05) is 19.1 Å². The van der Waals surface area contributed by atoms with Crippen molar-refractivity contribution in [2.45, 2.75) is 13.8 Å². The van der Waals surface area contributed by atoms with Crippen molar-refractivity contribution in [3.05, 3.63) is 35.4 Å². The number of rotatable bonds is 3. The lowest BCUT2D eigenvalue weighted by Crippen LogP contribution is -2.47. The summed E-state index contributed by atoms with van der Waals surface area (Å²) in [6.45, 7) is 10.1. The number of piperazine rings is 1. The quantitative estimate of drug-likeness (QED) is 0.823. The zero-order valence-corrected chi connectivity index (χ0v) is 14.4. The Labute approximate surface area is 143 Å². The molecule has 0 aliphatic carbocycles. The smallest absolute Gasteiger partial charge is 0.272 e. The largest absolute Gasteiger partial charge is 0.398 e. The second-order valence-electron chi connectivity index (χ2n) is 6.18. The number of hydrazone groups is 1. The fourth-order valence-corrected chi connectivity index (χ4v) is 3.35. The second-order valence-corrected chi connectivity index (χ2v) is 6.18. The van der Waals surface area contributed by atoms with E-state index < -0.39 is 0 Å². The van der Waals surface area contributed by atoms with Crippen LogP contribution in [0.25, 0.3) is 5.57 Å². The Bertz CT molecular complexity index is 687. The molecule has 0 aromatic heterocycles. The van der Waals surface area contributed by atoms with Gasteiger partial charge in [-0.1, -0.05) is 19.1 Å². The van der Waals surface area contributed by atoms with Crippen molar-refractivity contribution in [3.8, 4) is 0 Å². The number of nitrogen functional groups attached to an aromatic ring is 1. The highest BCUT2D eigenvalue weighted by atomic mass is 16.2. The van der Waals surface area contributed by atoms with E-state index in [4.69, 9.17) is 5.73 Å². The van der Waals surface area contributed by atoms with Crippen molar-refractivity contribution in [2.75, 3.05) is 45.0 Å². The summed E-state index contributed by atoms with van der Waals surface area (Å²) in [4.78, 5) is 17.1. The molecule has 0 radical (unpaired) electrons. The molecule has 2 heterocycles. The Kier molecular flexibility index (Phi) is 4.97. The van der Waals surface area contributed by atoms with Crippen molar-refractivity contribution in [1.82, 2.24) is 15.2 Å². The summed E-state index contributed by atoms with van der Waals surface area (Å²) >= 11 is 0. The number of anilines is 1. The number of amides is 1. The van der Waals surface area contributed by atoms with Crippen LogP contribution in [0.1, 0.15) is 29.8 Å². The molecule has 1 saturated heterocycles.